The molecule has 142 valence electrons. The van der Waals surface area contributed by atoms with E-state index in [1.807, 2.05) is 37.3 Å². The first-order valence-corrected chi connectivity index (χ1v) is 9.48. The summed E-state index contributed by atoms with van der Waals surface area (Å²) >= 11 is 0. The van der Waals surface area contributed by atoms with Crippen molar-refractivity contribution < 1.29 is 0 Å². The quantitative estimate of drug-likeness (QED) is 0.769. The summed E-state index contributed by atoms with van der Waals surface area (Å²) in [6, 6.07) is 9.80. The Hall–Kier alpha value is -2.67. The van der Waals surface area contributed by atoms with Crippen LogP contribution in [0, 0.1) is 13.8 Å². The van der Waals surface area contributed by atoms with Gasteiger partial charge >= 0.3 is 5.69 Å². The molecule has 27 heavy (non-hydrogen) atoms. The topological polar surface area (TPSA) is 71.7 Å². The molecule has 0 radical (unpaired) electrons. The van der Waals surface area contributed by atoms with E-state index >= 15 is 0 Å². The molecule has 3 heterocycles. The van der Waals surface area contributed by atoms with Crippen molar-refractivity contribution in [3.63, 3.8) is 0 Å². The van der Waals surface area contributed by atoms with Crippen molar-refractivity contribution in [3.05, 3.63) is 63.6 Å². The molecule has 0 amide bonds. The highest BCUT2D eigenvalue weighted by atomic mass is 16.2. The molecule has 1 aromatic carbocycles. The van der Waals surface area contributed by atoms with Crippen LogP contribution in [0.1, 0.15) is 41.5 Å². The molecule has 1 fully saturated rings. The zero-order valence-corrected chi connectivity index (χ0v) is 16.1. The first-order chi connectivity index (χ1) is 13.0. The number of nitrogens with zero attached hydrogens (tertiary/aromatic N) is 5. The highest BCUT2D eigenvalue weighted by Gasteiger charge is 2.28. The molecule has 1 atom stereocenters. The summed E-state index contributed by atoms with van der Waals surface area (Å²) in [5.74, 6) is 1.10. The van der Waals surface area contributed by atoms with Gasteiger partial charge in [0.1, 0.15) is 5.82 Å². The van der Waals surface area contributed by atoms with E-state index in [4.69, 9.17) is 0 Å². The van der Waals surface area contributed by atoms with Crippen LogP contribution in [0.4, 0.5) is 0 Å². The van der Waals surface area contributed by atoms with Gasteiger partial charge in [-0.3, -0.25) is 10.00 Å². The molecule has 7 heteroatoms. The minimum Gasteiger partial charge on any atom is -0.298 e. The number of aryl methyl sites for hydroxylation is 3. The Morgan fingerprint density at radius 3 is 2.70 bits per heavy atom. The zero-order chi connectivity index (χ0) is 19.0. The molecule has 0 aliphatic carbocycles. The van der Waals surface area contributed by atoms with Crippen LogP contribution < -0.4 is 5.69 Å². The lowest BCUT2D eigenvalue weighted by Crippen LogP contribution is -2.35. The van der Waals surface area contributed by atoms with Crippen LogP contribution in [-0.4, -0.2) is 42.5 Å². The van der Waals surface area contributed by atoms with E-state index in [0.29, 0.717) is 0 Å². The number of aromatic nitrogens is 5. The molecule has 3 aromatic rings. The summed E-state index contributed by atoms with van der Waals surface area (Å²) in [4.78, 5) is 15.1. The third kappa shape index (κ3) is 3.35. The molecule has 2 aromatic heterocycles. The fourth-order valence-corrected chi connectivity index (χ4v) is 4.01. The van der Waals surface area contributed by atoms with Crippen LogP contribution in [0.25, 0.3) is 5.69 Å². The monoisotopic (exact) mass is 366 g/mol. The fourth-order valence-electron chi connectivity index (χ4n) is 4.01. The third-order valence-electron chi connectivity index (χ3n) is 5.50. The number of likely N-dealkylation sites (tertiary alicyclic amines) is 1. The van der Waals surface area contributed by atoms with Gasteiger partial charge in [-0.05, 0) is 45.4 Å². The molecule has 0 bridgehead atoms. The number of rotatable bonds is 4. The highest BCUT2D eigenvalue weighted by molar-refractivity contribution is 5.33. The number of benzene rings is 1. The van der Waals surface area contributed by atoms with Crippen molar-refractivity contribution in [1.29, 1.82) is 0 Å². The third-order valence-corrected chi connectivity index (χ3v) is 5.50. The minimum atomic E-state index is -0.0881. The molecule has 0 saturated carbocycles. The molecule has 1 aliphatic heterocycles. The molecule has 0 spiro atoms. The van der Waals surface area contributed by atoms with E-state index in [1.54, 1.807) is 11.6 Å². The number of hydrogen-bond donors (Lipinski definition) is 1. The number of piperidine rings is 1. The summed E-state index contributed by atoms with van der Waals surface area (Å²) in [7, 11) is 1.73. The van der Waals surface area contributed by atoms with Crippen molar-refractivity contribution in [2.45, 2.75) is 39.2 Å². The SMILES string of the molecule is Cc1n[nH]c(C)c1CN1CCCC(c2nn(C)c(=O)n2-c2ccccc2)C1. The Bertz CT molecular complexity index is 964. The normalized spacial score (nSPS) is 18.1. The molecular formula is C20H26N6O. The van der Waals surface area contributed by atoms with Gasteiger partial charge in [-0.1, -0.05) is 18.2 Å². The molecule has 7 nitrogen and oxygen atoms in total. The second kappa shape index (κ2) is 7.15. The molecule has 4 rings (SSSR count). The standard InChI is InChI=1S/C20H26N6O/c1-14-18(15(2)22-21-14)13-25-11-7-8-16(12-25)19-23-24(3)20(27)26(19)17-9-5-4-6-10-17/h4-6,9-10,16H,7-8,11-13H2,1-3H3,(H,21,22). The van der Waals surface area contributed by atoms with Gasteiger partial charge in [0.05, 0.1) is 11.4 Å². The Labute approximate surface area is 158 Å². The summed E-state index contributed by atoms with van der Waals surface area (Å²) < 4.78 is 3.22. The summed E-state index contributed by atoms with van der Waals surface area (Å²) in [5, 5.41) is 12.0. The van der Waals surface area contributed by atoms with Crippen LogP contribution in [0.2, 0.25) is 0 Å². The number of para-hydroxylation sites is 1. The second-order valence-electron chi connectivity index (χ2n) is 7.42. The summed E-state index contributed by atoms with van der Waals surface area (Å²) in [5.41, 5.74) is 4.26. The maximum atomic E-state index is 12.7. The zero-order valence-electron chi connectivity index (χ0n) is 16.1. The van der Waals surface area contributed by atoms with Crippen molar-refractivity contribution >= 4 is 0 Å². The number of nitrogens with one attached hydrogen (secondary N) is 1. The van der Waals surface area contributed by atoms with Gasteiger partial charge in [-0.25, -0.2) is 14.0 Å². The molecule has 1 aliphatic rings. The van der Waals surface area contributed by atoms with E-state index < -0.39 is 0 Å². The molecular weight excluding hydrogens is 340 g/mol. The number of H-pyrrole nitrogens is 1. The maximum Gasteiger partial charge on any atom is 0.350 e. The van der Waals surface area contributed by atoms with Crippen molar-refractivity contribution in [1.82, 2.24) is 29.4 Å². The van der Waals surface area contributed by atoms with E-state index in [-0.39, 0.29) is 11.6 Å². The van der Waals surface area contributed by atoms with Gasteiger partial charge in [0, 0.05) is 37.3 Å². The van der Waals surface area contributed by atoms with E-state index in [9.17, 15) is 4.79 Å². The van der Waals surface area contributed by atoms with Crippen molar-refractivity contribution in [2.24, 2.45) is 7.05 Å². The van der Waals surface area contributed by atoms with Gasteiger partial charge in [0.25, 0.3) is 0 Å². The molecule has 1 unspecified atom stereocenters. The maximum absolute atomic E-state index is 12.7. The average molecular weight is 366 g/mol. The predicted octanol–water partition coefficient (Wildman–Crippen LogP) is 2.29. The van der Waals surface area contributed by atoms with E-state index in [2.05, 4.69) is 27.1 Å². The van der Waals surface area contributed by atoms with Gasteiger partial charge in [-0.15, -0.1) is 0 Å². The van der Waals surface area contributed by atoms with Crippen molar-refractivity contribution in [2.75, 3.05) is 13.1 Å². The van der Waals surface area contributed by atoms with Crippen LogP contribution in [-0.2, 0) is 13.6 Å². The first kappa shape index (κ1) is 17.7. The van der Waals surface area contributed by atoms with Gasteiger partial charge in [-0.2, -0.15) is 10.2 Å². The Morgan fingerprint density at radius 1 is 1.22 bits per heavy atom. The fraction of sp³-hybridized carbons (Fsp3) is 0.450. The molecule has 1 saturated heterocycles. The van der Waals surface area contributed by atoms with E-state index in [1.165, 1.54) is 10.2 Å². The van der Waals surface area contributed by atoms with Gasteiger partial charge in [0.2, 0.25) is 0 Å². The number of hydrogen-bond acceptors (Lipinski definition) is 4. The largest absolute Gasteiger partial charge is 0.350 e. The summed E-state index contributed by atoms with van der Waals surface area (Å²) in [6.07, 6.45) is 2.14. The Balaban J connectivity index is 1.62. The number of aromatic amines is 1. The highest BCUT2D eigenvalue weighted by Crippen LogP contribution is 2.28. The van der Waals surface area contributed by atoms with Gasteiger partial charge in [0.15, 0.2) is 0 Å². The van der Waals surface area contributed by atoms with Crippen molar-refractivity contribution in [3.8, 4) is 5.69 Å². The van der Waals surface area contributed by atoms with Crippen LogP contribution >= 0.6 is 0 Å². The lowest BCUT2D eigenvalue weighted by atomic mass is 9.96. The van der Waals surface area contributed by atoms with Crippen LogP contribution in [0.3, 0.4) is 0 Å². The average Bonchev–Trinajstić information content (AvgIpc) is 3.16. The molecule has 1 N–H and O–H groups in total. The predicted molar refractivity (Wildman–Crippen MR) is 104 cm³/mol. The summed E-state index contributed by atoms with van der Waals surface area (Å²) in [6.45, 7) is 6.96. The minimum absolute atomic E-state index is 0.0881. The lowest BCUT2D eigenvalue weighted by Gasteiger charge is -2.32. The van der Waals surface area contributed by atoms with Gasteiger partial charge < -0.3 is 0 Å². The smallest absolute Gasteiger partial charge is 0.298 e. The first-order valence-electron chi connectivity index (χ1n) is 9.48. The van der Waals surface area contributed by atoms with E-state index in [0.717, 1.165) is 55.4 Å². The van der Waals surface area contributed by atoms with Crippen LogP contribution in [0.15, 0.2) is 35.1 Å². The Kier molecular flexibility index (Phi) is 4.70. The second-order valence-corrected chi connectivity index (χ2v) is 7.42. The Morgan fingerprint density at radius 2 is 2.00 bits per heavy atom. The lowest BCUT2D eigenvalue weighted by molar-refractivity contribution is 0.195. The van der Waals surface area contributed by atoms with Crippen LogP contribution in [0.5, 0.6) is 0 Å².